The third-order valence-electron chi connectivity index (χ3n) is 1.65. The van der Waals surface area contributed by atoms with Gasteiger partial charge < -0.3 is 5.32 Å². The first-order chi connectivity index (χ1) is 6.18. The lowest BCUT2D eigenvalue weighted by Crippen LogP contribution is -2.13. The standard InChI is InChI=1S/C11H15NO/c1-9(2)8-11(13)12-10-6-4-3-5-7-10/h3-7,9H,8H2,1-2H3,(H,12,13). The summed E-state index contributed by atoms with van der Waals surface area (Å²) in [6.07, 6.45) is 0.578. The van der Waals surface area contributed by atoms with Crippen LogP contribution in [0.15, 0.2) is 30.3 Å². The van der Waals surface area contributed by atoms with Crippen LogP contribution < -0.4 is 5.32 Å². The van der Waals surface area contributed by atoms with Gasteiger partial charge in [0.25, 0.3) is 0 Å². The largest absolute Gasteiger partial charge is 0.326 e. The Kier molecular flexibility index (Phi) is 3.50. The van der Waals surface area contributed by atoms with Crippen molar-refractivity contribution < 1.29 is 4.79 Å². The van der Waals surface area contributed by atoms with Crippen molar-refractivity contribution in [3.05, 3.63) is 30.3 Å². The van der Waals surface area contributed by atoms with Gasteiger partial charge in [0.1, 0.15) is 0 Å². The molecule has 0 saturated carbocycles. The molecule has 1 rings (SSSR count). The van der Waals surface area contributed by atoms with Gasteiger partial charge in [-0.15, -0.1) is 0 Å². The number of carbonyl (C=O) groups excluding carboxylic acids is 1. The molecule has 0 bridgehead atoms. The quantitative estimate of drug-likeness (QED) is 0.755. The topological polar surface area (TPSA) is 29.1 Å². The van der Waals surface area contributed by atoms with Gasteiger partial charge in [-0.3, -0.25) is 4.79 Å². The van der Waals surface area contributed by atoms with E-state index in [1.165, 1.54) is 0 Å². The van der Waals surface area contributed by atoms with Gasteiger partial charge in [-0.2, -0.15) is 0 Å². The van der Waals surface area contributed by atoms with Crippen molar-refractivity contribution >= 4 is 11.6 Å². The zero-order valence-electron chi connectivity index (χ0n) is 8.08. The Balaban J connectivity index is 2.46. The summed E-state index contributed by atoms with van der Waals surface area (Å²) in [6.45, 7) is 4.06. The lowest BCUT2D eigenvalue weighted by Gasteiger charge is -2.06. The van der Waals surface area contributed by atoms with Gasteiger partial charge in [0, 0.05) is 12.1 Å². The Morgan fingerprint density at radius 1 is 1.31 bits per heavy atom. The first-order valence-corrected chi connectivity index (χ1v) is 4.53. The molecule has 0 heterocycles. The number of hydrogen-bond acceptors (Lipinski definition) is 1. The number of carbonyl (C=O) groups is 1. The van der Waals surface area contributed by atoms with Gasteiger partial charge in [0.2, 0.25) is 5.91 Å². The van der Waals surface area contributed by atoms with Crippen molar-refractivity contribution in [2.24, 2.45) is 5.92 Å². The van der Waals surface area contributed by atoms with E-state index in [1.807, 2.05) is 44.2 Å². The molecule has 13 heavy (non-hydrogen) atoms. The third kappa shape index (κ3) is 3.74. The molecule has 0 aromatic heterocycles. The average molecular weight is 177 g/mol. The Labute approximate surface area is 79.0 Å². The predicted octanol–water partition coefficient (Wildman–Crippen LogP) is 2.67. The third-order valence-corrected chi connectivity index (χ3v) is 1.65. The van der Waals surface area contributed by atoms with Crippen LogP contribution in [0.3, 0.4) is 0 Å². The number of benzene rings is 1. The number of rotatable bonds is 3. The first kappa shape index (κ1) is 9.78. The maximum absolute atomic E-state index is 11.3. The fourth-order valence-electron chi connectivity index (χ4n) is 1.10. The normalized spacial score (nSPS) is 10.1. The van der Waals surface area contributed by atoms with E-state index in [4.69, 9.17) is 0 Å². The van der Waals surface area contributed by atoms with Crippen LogP contribution in [0.5, 0.6) is 0 Å². The highest BCUT2D eigenvalue weighted by molar-refractivity contribution is 5.90. The maximum Gasteiger partial charge on any atom is 0.224 e. The minimum atomic E-state index is 0.0844. The maximum atomic E-state index is 11.3. The van der Waals surface area contributed by atoms with E-state index >= 15 is 0 Å². The molecule has 2 nitrogen and oxygen atoms in total. The van der Waals surface area contributed by atoms with Crippen LogP contribution in [-0.4, -0.2) is 5.91 Å². The van der Waals surface area contributed by atoms with E-state index in [1.54, 1.807) is 0 Å². The highest BCUT2D eigenvalue weighted by atomic mass is 16.1. The van der Waals surface area contributed by atoms with E-state index in [0.717, 1.165) is 5.69 Å². The van der Waals surface area contributed by atoms with Crippen LogP contribution in [0, 0.1) is 5.92 Å². The summed E-state index contributed by atoms with van der Waals surface area (Å²) in [7, 11) is 0. The molecule has 0 saturated heterocycles. The smallest absolute Gasteiger partial charge is 0.224 e. The van der Waals surface area contributed by atoms with E-state index in [2.05, 4.69) is 5.32 Å². The van der Waals surface area contributed by atoms with Gasteiger partial charge in [-0.05, 0) is 18.1 Å². The molecule has 70 valence electrons. The van der Waals surface area contributed by atoms with Crippen molar-refractivity contribution in [2.45, 2.75) is 20.3 Å². The molecular formula is C11H15NO. The predicted molar refractivity (Wildman–Crippen MR) is 54.5 cm³/mol. The summed E-state index contributed by atoms with van der Waals surface area (Å²) in [5, 5.41) is 2.83. The summed E-state index contributed by atoms with van der Waals surface area (Å²) in [5.41, 5.74) is 0.869. The second kappa shape index (κ2) is 4.65. The fraction of sp³-hybridized carbons (Fsp3) is 0.364. The molecule has 1 aromatic carbocycles. The van der Waals surface area contributed by atoms with Crippen LogP contribution >= 0.6 is 0 Å². The Morgan fingerprint density at radius 2 is 1.92 bits per heavy atom. The molecule has 0 unspecified atom stereocenters. The van der Waals surface area contributed by atoms with Crippen LogP contribution in [0.25, 0.3) is 0 Å². The van der Waals surface area contributed by atoms with E-state index in [9.17, 15) is 4.79 Å². The summed E-state index contributed by atoms with van der Waals surface area (Å²) < 4.78 is 0. The molecule has 0 atom stereocenters. The van der Waals surface area contributed by atoms with Crippen molar-refractivity contribution in [1.82, 2.24) is 0 Å². The number of nitrogens with one attached hydrogen (secondary N) is 1. The molecule has 0 aliphatic carbocycles. The number of anilines is 1. The number of hydrogen-bond donors (Lipinski definition) is 1. The molecule has 1 N–H and O–H groups in total. The number of amides is 1. The Hall–Kier alpha value is -1.31. The van der Waals surface area contributed by atoms with Gasteiger partial charge >= 0.3 is 0 Å². The van der Waals surface area contributed by atoms with E-state index < -0.39 is 0 Å². The van der Waals surface area contributed by atoms with Crippen LogP contribution in [0.2, 0.25) is 0 Å². The molecule has 0 radical (unpaired) electrons. The highest BCUT2D eigenvalue weighted by Crippen LogP contribution is 2.07. The summed E-state index contributed by atoms with van der Waals surface area (Å²) in [6, 6.07) is 9.52. The minimum Gasteiger partial charge on any atom is -0.326 e. The summed E-state index contributed by atoms with van der Waals surface area (Å²) in [5.74, 6) is 0.491. The Bertz CT molecular complexity index is 267. The molecule has 1 amide bonds. The van der Waals surface area contributed by atoms with Crippen LogP contribution in [-0.2, 0) is 4.79 Å². The summed E-state index contributed by atoms with van der Waals surface area (Å²) in [4.78, 5) is 11.3. The first-order valence-electron chi connectivity index (χ1n) is 4.53. The average Bonchev–Trinajstić information content (AvgIpc) is 2.04. The van der Waals surface area contributed by atoms with E-state index in [-0.39, 0.29) is 5.91 Å². The molecular weight excluding hydrogens is 162 g/mol. The molecule has 0 spiro atoms. The molecule has 2 heteroatoms. The highest BCUT2D eigenvalue weighted by Gasteiger charge is 2.03. The van der Waals surface area contributed by atoms with Gasteiger partial charge in [-0.25, -0.2) is 0 Å². The van der Waals surface area contributed by atoms with Gasteiger partial charge in [-0.1, -0.05) is 32.0 Å². The summed E-state index contributed by atoms with van der Waals surface area (Å²) >= 11 is 0. The van der Waals surface area contributed by atoms with Crippen LogP contribution in [0.4, 0.5) is 5.69 Å². The van der Waals surface area contributed by atoms with E-state index in [0.29, 0.717) is 12.3 Å². The van der Waals surface area contributed by atoms with Crippen LogP contribution in [0.1, 0.15) is 20.3 Å². The number of para-hydroxylation sites is 1. The lowest BCUT2D eigenvalue weighted by atomic mass is 10.1. The van der Waals surface area contributed by atoms with Crippen molar-refractivity contribution in [2.75, 3.05) is 5.32 Å². The monoisotopic (exact) mass is 177 g/mol. The zero-order valence-corrected chi connectivity index (χ0v) is 8.08. The SMILES string of the molecule is CC(C)CC(=O)Nc1ccccc1. The van der Waals surface area contributed by atoms with Crippen molar-refractivity contribution in [3.8, 4) is 0 Å². The molecule has 1 aromatic rings. The Morgan fingerprint density at radius 3 is 2.46 bits per heavy atom. The fourth-order valence-corrected chi connectivity index (χ4v) is 1.10. The zero-order chi connectivity index (χ0) is 9.68. The van der Waals surface area contributed by atoms with Gasteiger partial charge in [0.15, 0.2) is 0 Å². The second-order valence-electron chi connectivity index (χ2n) is 3.51. The van der Waals surface area contributed by atoms with Crippen molar-refractivity contribution in [1.29, 1.82) is 0 Å². The molecule has 0 aliphatic rings. The second-order valence-corrected chi connectivity index (χ2v) is 3.51. The molecule has 0 fully saturated rings. The van der Waals surface area contributed by atoms with Gasteiger partial charge in [0.05, 0.1) is 0 Å². The lowest BCUT2D eigenvalue weighted by molar-refractivity contribution is -0.116. The molecule has 0 aliphatic heterocycles. The minimum absolute atomic E-state index is 0.0844. The van der Waals surface area contributed by atoms with Crippen molar-refractivity contribution in [3.63, 3.8) is 0 Å².